The van der Waals surface area contributed by atoms with Crippen molar-refractivity contribution in [3.05, 3.63) is 0 Å². The summed E-state index contributed by atoms with van der Waals surface area (Å²) in [6.45, 7) is 8.68. The van der Waals surface area contributed by atoms with Gasteiger partial charge in [-0.3, -0.25) is 9.69 Å². The molecule has 21 heavy (non-hydrogen) atoms. The van der Waals surface area contributed by atoms with Crippen molar-refractivity contribution in [1.82, 2.24) is 10.2 Å². The molecule has 4 unspecified atom stereocenters. The molecule has 1 aliphatic heterocycles. The van der Waals surface area contributed by atoms with Gasteiger partial charge in [-0.25, -0.2) is 0 Å². The van der Waals surface area contributed by atoms with Gasteiger partial charge >= 0.3 is 5.97 Å². The van der Waals surface area contributed by atoms with Crippen LogP contribution >= 0.6 is 0 Å². The third-order valence-corrected chi connectivity index (χ3v) is 5.74. The van der Waals surface area contributed by atoms with Crippen LogP contribution in [0.2, 0.25) is 0 Å². The molecule has 0 bridgehead atoms. The molecule has 0 radical (unpaired) electrons. The molecule has 2 fully saturated rings. The van der Waals surface area contributed by atoms with Crippen LogP contribution in [0.3, 0.4) is 0 Å². The van der Waals surface area contributed by atoms with Crippen molar-refractivity contribution in [3.63, 3.8) is 0 Å². The fourth-order valence-corrected chi connectivity index (χ4v) is 4.21. The molecular weight excluding hydrogens is 264 g/mol. The Balaban J connectivity index is 2.09. The Kier molecular flexibility index (Phi) is 5.67. The molecule has 122 valence electrons. The molecule has 0 spiro atoms. The van der Waals surface area contributed by atoms with E-state index in [0.717, 1.165) is 51.1 Å². The minimum Gasteiger partial charge on any atom is -0.480 e. The van der Waals surface area contributed by atoms with Crippen LogP contribution in [0, 0.1) is 5.92 Å². The van der Waals surface area contributed by atoms with Gasteiger partial charge in [-0.1, -0.05) is 13.8 Å². The van der Waals surface area contributed by atoms with Crippen molar-refractivity contribution in [2.75, 3.05) is 13.1 Å². The second-order valence-electron chi connectivity index (χ2n) is 7.16. The summed E-state index contributed by atoms with van der Waals surface area (Å²) in [4.78, 5) is 14.5. The number of nitrogens with zero attached hydrogens (tertiary/aromatic N) is 1. The molecule has 2 N–H and O–H groups in total. The molecule has 4 nitrogen and oxygen atoms in total. The minimum absolute atomic E-state index is 0.428. The van der Waals surface area contributed by atoms with E-state index >= 15 is 0 Å². The van der Waals surface area contributed by atoms with Crippen LogP contribution in [-0.2, 0) is 4.79 Å². The van der Waals surface area contributed by atoms with E-state index in [-0.39, 0.29) is 0 Å². The van der Waals surface area contributed by atoms with Crippen LogP contribution in [-0.4, -0.2) is 46.7 Å². The Morgan fingerprint density at radius 1 is 1.33 bits per heavy atom. The molecule has 1 saturated heterocycles. The van der Waals surface area contributed by atoms with Gasteiger partial charge in [0.25, 0.3) is 0 Å². The van der Waals surface area contributed by atoms with Gasteiger partial charge in [-0.15, -0.1) is 0 Å². The summed E-state index contributed by atoms with van der Waals surface area (Å²) in [5.74, 6) is 0.0712. The Bertz CT molecular complexity index is 361. The molecule has 1 heterocycles. The molecule has 0 aromatic heterocycles. The quantitative estimate of drug-likeness (QED) is 0.819. The molecule has 4 atom stereocenters. The average Bonchev–Trinajstić information content (AvgIpc) is 2.48. The lowest BCUT2D eigenvalue weighted by atomic mass is 9.76. The highest BCUT2D eigenvalue weighted by atomic mass is 16.4. The van der Waals surface area contributed by atoms with Crippen molar-refractivity contribution in [2.45, 2.75) is 83.3 Å². The van der Waals surface area contributed by atoms with Gasteiger partial charge in [0.1, 0.15) is 5.54 Å². The zero-order valence-electron chi connectivity index (χ0n) is 13.9. The van der Waals surface area contributed by atoms with E-state index in [9.17, 15) is 9.90 Å². The minimum atomic E-state index is -0.695. The van der Waals surface area contributed by atoms with E-state index in [2.05, 4.69) is 31.0 Å². The van der Waals surface area contributed by atoms with Crippen LogP contribution in [0.4, 0.5) is 0 Å². The average molecular weight is 296 g/mol. The van der Waals surface area contributed by atoms with Crippen LogP contribution in [0.5, 0.6) is 0 Å². The molecule has 0 aromatic rings. The monoisotopic (exact) mass is 296 g/mol. The third-order valence-electron chi connectivity index (χ3n) is 5.74. The fourth-order valence-electron chi connectivity index (χ4n) is 4.21. The first kappa shape index (κ1) is 16.8. The number of likely N-dealkylation sites (tertiary alicyclic amines) is 1. The number of aliphatic carboxylic acids is 1. The molecule has 1 saturated carbocycles. The van der Waals surface area contributed by atoms with Gasteiger partial charge in [0.05, 0.1) is 0 Å². The van der Waals surface area contributed by atoms with Crippen LogP contribution < -0.4 is 5.32 Å². The number of carboxylic acids is 1. The summed E-state index contributed by atoms with van der Waals surface area (Å²) in [5.41, 5.74) is -0.695. The highest BCUT2D eigenvalue weighted by molar-refractivity contribution is 5.79. The zero-order chi connectivity index (χ0) is 15.5. The van der Waals surface area contributed by atoms with E-state index in [1.54, 1.807) is 0 Å². The first-order chi connectivity index (χ1) is 10.00. The maximum atomic E-state index is 11.9. The Morgan fingerprint density at radius 2 is 2.10 bits per heavy atom. The second kappa shape index (κ2) is 7.10. The lowest BCUT2D eigenvalue weighted by Crippen LogP contribution is -2.60. The number of carbonyl (C=O) groups is 1. The summed E-state index contributed by atoms with van der Waals surface area (Å²) in [6, 6.07) is 1.01. The van der Waals surface area contributed by atoms with Gasteiger partial charge in [0.15, 0.2) is 0 Å². The van der Waals surface area contributed by atoms with E-state index < -0.39 is 11.5 Å². The van der Waals surface area contributed by atoms with Gasteiger partial charge < -0.3 is 10.4 Å². The molecule has 0 aromatic carbocycles. The molecule has 2 rings (SSSR count). The van der Waals surface area contributed by atoms with Crippen LogP contribution in [0.15, 0.2) is 0 Å². The van der Waals surface area contributed by atoms with Gasteiger partial charge in [-0.2, -0.15) is 0 Å². The predicted octanol–water partition coefficient (Wildman–Crippen LogP) is 2.87. The Labute approximate surface area is 129 Å². The lowest BCUT2D eigenvalue weighted by Gasteiger charge is -2.48. The third kappa shape index (κ3) is 3.59. The standard InChI is InChI=1S/C17H32N2O2/c1-4-10-18-17(16(20)21)9-5-8-15(12-17)19-11-6-7-13(2)14(19)3/h13-15,18H,4-12H2,1-3H3,(H,20,21). The second-order valence-corrected chi connectivity index (χ2v) is 7.16. The Hall–Kier alpha value is -0.610. The summed E-state index contributed by atoms with van der Waals surface area (Å²) < 4.78 is 0. The van der Waals surface area contributed by atoms with E-state index in [0.29, 0.717) is 12.1 Å². The predicted molar refractivity (Wildman–Crippen MR) is 85.5 cm³/mol. The highest BCUT2D eigenvalue weighted by Crippen LogP contribution is 2.35. The SMILES string of the molecule is CCCNC1(C(=O)O)CCCC(N2CCCC(C)C2C)C1. The largest absolute Gasteiger partial charge is 0.480 e. The normalized spacial score (nSPS) is 38.3. The number of nitrogens with one attached hydrogen (secondary N) is 1. The summed E-state index contributed by atoms with van der Waals surface area (Å²) in [7, 11) is 0. The van der Waals surface area contributed by atoms with Crippen molar-refractivity contribution < 1.29 is 9.90 Å². The first-order valence-corrected chi connectivity index (χ1v) is 8.74. The number of hydrogen-bond acceptors (Lipinski definition) is 3. The molecule has 4 heteroatoms. The molecule has 1 aliphatic carbocycles. The van der Waals surface area contributed by atoms with Crippen LogP contribution in [0.1, 0.15) is 65.7 Å². The Morgan fingerprint density at radius 3 is 2.76 bits per heavy atom. The van der Waals surface area contributed by atoms with E-state index in [4.69, 9.17) is 0 Å². The fraction of sp³-hybridized carbons (Fsp3) is 0.941. The van der Waals surface area contributed by atoms with Gasteiger partial charge in [0.2, 0.25) is 0 Å². The van der Waals surface area contributed by atoms with Gasteiger partial charge in [-0.05, 0) is 70.9 Å². The van der Waals surface area contributed by atoms with Gasteiger partial charge in [0, 0.05) is 12.1 Å². The molecular formula is C17H32N2O2. The number of hydrogen-bond donors (Lipinski definition) is 2. The molecule has 2 aliphatic rings. The van der Waals surface area contributed by atoms with Crippen LogP contribution in [0.25, 0.3) is 0 Å². The zero-order valence-corrected chi connectivity index (χ0v) is 13.9. The highest BCUT2D eigenvalue weighted by Gasteiger charge is 2.45. The van der Waals surface area contributed by atoms with Crippen molar-refractivity contribution in [2.24, 2.45) is 5.92 Å². The van der Waals surface area contributed by atoms with Crippen molar-refractivity contribution in [3.8, 4) is 0 Å². The smallest absolute Gasteiger partial charge is 0.323 e. The summed E-state index contributed by atoms with van der Waals surface area (Å²) >= 11 is 0. The van der Waals surface area contributed by atoms with Crippen molar-refractivity contribution >= 4 is 5.97 Å². The number of piperidine rings is 1. The summed E-state index contributed by atoms with van der Waals surface area (Å²) in [5, 5.41) is 13.1. The summed E-state index contributed by atoms with van der Waals surface area (Å²) in [6.07, 6.45) is 7.25. The van der Waals surface area contributed by atoms with Crippen molar-refractivity contribution in [1.29, 1.82) is 0 Å². The van der Waals surface area contributed by atoms with E-state index in [1.165, 1.54) is 12.8 Å². The van der Waals surface area contributed by atoms with E-state index in [1.807, 2.05) is 0 Å². The number of carboxylic acid groups (broad SMARTS) is 1. The maximum absolute atomic E-state index is 11.9. The number of rotatable bonds is 5. The maximum Gasteiger partial charge on any atom is 0.323 e. The lowest BCUT2D eigenvalue weighted by molar-refractivity contribution is -0.148. The molecule has 0 amide bonds. The topological polar surface area (TPSA) is 52.6 Å². The first-order valence-electron chi connectivity index (χ1n) is 8.74.